The Kier molecular flexibility index (Phi) is 2.97. The van der Waals surface area contributed by atoms with Crippen molar-refractivity contribution in [1.82, 2.24) is 0 Å². The molecule has 0 aliphatic heterocycles. The topological polar surface area (TPSA) is 60.2 Å². The van der Waals surface area contributed by atoms with Gasteiger partial charge in [-0.3, -0.25) is 9.59 Å². The van der Waals surface area contributed by atoms with Crippen LogP contribution in [0.25, 0.3) is 0 Å². The minimum Gasteiger partial charge on any atom is -0.366 e. The number of rotatable bonds is 2. The molecule has 0 bridgehead atoms. The maximum atomic E-state index is 13.0. The van der Waals surface area contributed by atoms with Crippen molar-refractivity contribution in [2.24, 2.45) is 5.73 Å². The zero-order chi connectivity index (χ0) is 12.5. The number of carbonyl (C=O) groups excluding carboxylic acids is 2. The molecule has 0 aliphatic rings. The molecule has 1 amide bonds. The summed E-state index contributed by atoms with van der Waals surface area (Å²) >= 11 is 0. The number of halogens is 4. The summed E-state index contributed by atoms with van der Waals surface area (Å²) in [7, 11) is 0. The highest BCUT2D eigenvalue weighted by atomic mass is 19.4. The second kappa shape index (κ2) is 3.92. The van der Waals surface area contributed by atoms with Crippen LogP contribution in [0.5, 0.6) is 0 Å². The van der Waals surface area contributed by atoms with Crippen molar-refractivity contribution in [2.45, 2.75) is 6.18 Å². The fourth-order valence-corrected chi connectivity index (χ4v) is 1.12. The van der Waals surface area contributed by atoms with Crippen molar-refractivity contribution < 1.29 is 27.2 Å². The highest BCUT2D eigenvalue weighted by Gasteiger charge is 2.34. The number of benzene rings is 1. The fourth-order valence-electron chi connectivity index (χ4n) is 1.12. The lowest BCUT2D eigenvalue weighted by molar-refractivity contribution is -0.137. The molecule has 1 aromatic carbocycles. The molecule has 0 aromatic heterocycles. The maximum absolute atomic E-state index is 13.0. The van der Waals surface area contributed by atoms with Gasteiger partial charge in [-0.1, -0.05) is 0 Å². The van der Waals surface area contributed by atoms with Crippen LogP contribution >= 0.6 is 0 Å². The van der Waals surface area contributed by atoms with E-state index in [1.54, 1.807) is 0 Å². The fraction of sp³-hybridized carbons (Fsp3) is 0.111. The normalized spacial score (nSPS) is 11.2. The van der Waals surface area contributed by atoms with E-state index in [1.807, 2.05) is 0 Å². The molecule has 0 saturated carbocycles. The van der Waals surface area contributed by atoms with E-state index in [1.165, 1.54) is 0 Å². The monoisotopic (exact) mass is 235 g/mol. The number of amides is 1. The van der Waals surface area contributed by atoms with Crippen LogP contribution in [0.3, 0.4) is 0 Å². The highest BCUT2D eigenvalue weighted by molar-refractivity contribution is 5.94. The average molecular weight is 235 g/mol. The van der Waals surface area contributed by atoms with Crippen LogP contribution in [-0.4, -0.2) is 12.2 Å². The SMILES string of the molecule is NC(=O)c1cc(C(F)(F)F)c(C=O)cc1F. The van der Waals surface area contributed by atoms with Gasteiger partial charge in [0.15, 0.2) is 6.29 Å². The molecule has 0 heterocycles. The van der Waals surface area contributed by atoms with Crippen LogP contribution in [0, 0.1) is 5.82 Å². The van der Waals surface area contributed by atoms with Gasteiger partial charge in [0.2, 0.25) is 0 Å². The summed E-state index contributed by atoms with van der Waals surface area (Å²) in [6, 6.07) is 0.553. The summed E-state index contributed by atoms with van der Waals surface area (Å²) in [5, 5.41) is 0. The summed E-state index contributed by atoms with van der Waals surface area (Å²) in [6.07, 6.45) is -5.00. The van der Waals surface area contributed by atoms with Crippen LogP contribution < -0.4 is 5.73 Å². The molecule has 1 rings (SSSR count). The quantitative estimate of drug-likeness (QED) is 0.627. The summed E-state index contributed by atoms with van der Waals surface area (Å²) < 4.78 is 50.2. The van der Waals surface area contributed by atoms with Crippen LogP contribution in [0.2, 0.25) is 0 Å². The molecule has 0 saturated heterocycles. The standard InChI is InChI=1S/C9H5F4NO2/c10-7-1-4(3-15)6(9(11,12)13)2-5(7)8(14)16/h1-3H,(H2,14,16). The summed E-state index contributed by atoms with van der Waals surface area (Å²) in [5.41, 5.74) is 1.51. The minimum absolute atomic E-state index is 0.142. The predicted octanol–water partition coefficient (Wildman–Crippen LogP) is 1.76. The summed E-state index contributed by atoms with van der Waals surface area (Å²) in [6.45, 7) is 0. The van der Waals surface area contributed by atoms with E-state index in [2.05, 4.69) is 5.73 Å². The third-order valence-corrected chi connectivity index (χ3v) is 1.84. The van der Waals surface area contributed by atoms with Gasteiger partial charge >= 0.3 is 6.18 Å². The van der Waals surface area contributed by atoms with Gasteiger partial charge in [0.05, 0.1) is 11.1 Å². The lowest BCUT2D eigenvalue weighted by atomic mass is 10.0. The first kappa shape index (κ1) is 12.2. The van der Waals surface area contributed by atoms with Gasteiger partial charge in [0, 0.05) is 5.56 Å². The Morgan fingerprint density at radius 2 is 1.88 bits per heavy atom. The molecule has 2 N–H and O–H groups in total. The Hall–Kier alpha value is -1.92. The first-order valence-electron chi connectivity index (χ1n) is 3.93. The number of carbonyl (C=O) groups is 2. The van der Waals surface area contributed by atoms with E-state index >= 15 is 0 Å². The van der Waals surface area contributed by atoms with E-state index in [0.717, 1.165) is 0 Å². The largest absolute Gasteiger partial charge is 0.417 e. The molecule has 0 radical (unpaired) electrons. The molecule has 0 fully saturated rings. The molecule has 0 aliphatic carbocycles. The van der Waals surface area contributed by atoms with Crippen LogP contribution in [0.4, 0.5) is 17.6 Å². The van der Waals surface area contributed by atoms with Gasteiger partial charge in [-0.05, 0) is 12.1 Å². The molecule has 16 heavy (non-hydrogen) atoms. The number of nitrogens with two attached hydrogens (primary N) is 1. The van der Waals surface area contributed by atoms with Gasteiger partial charge in [-0.25, -0.2) is 4.39 Å². The Morgan fingerprint density at radius 3 is 2.25 bits per heavy atom. The molecule has 1 aromatic rings. The lowest BCUT2D eigenvalue weighted by Crippen LogP contribution is -2.17. The Morgan fingerprint density at radius 1 is 1.31 bits per heavy atom. The van der Waals surface area contributed by atoms with E-state index in [9.17, 15) is 27.2 Å². The van der Waals surface area contributed by atoms with Crippen LogP contribution in [0.15, 0.2) is 12.1 Å². The number of hydrogen-bond donors (Lipinski definition) is 1. The number of aldehydes is 1. The molecule has 3 nitrogen and oxygen atoms in total. The smallest absolute Gasteiger partial charge is 0.366 e. The van der Waals surface area contributed by atoms with Gasteiger partial charge < -0.3 is 5.73 Å². The number of primary amides is 1. The molecule has 86 valence electrons. The van der Waals surface area contributed by atoms with E-state index in [4.69, 9.17) is 0 Å². The van der Waals surface area contributed by atoms with Crippen molar-refractivity contribution in [3.63, 3.8) is 0 Å². The van der Waals surface area contributed by atoms with Crippen LogP contribution in [0.1, 0.15) is 26.3 Å². The van der Waals surface area contributed by atoms with Gasteiger partial charge in [0.25, 0.3) is 5.91 Å². The van der Waals surface area contributed by atoms with Gasteiger partial charge in [-0.15, -0.1) is 0 Å². The third kappa shape index (κ3) is 2.18. The van der Waals surface area contributed by atoms with Gasteiger partial charge in [-0.2, -0.15) is 13.2 Å². The molecule has 0 spiro atoms. The number of alkyl halides is 3. The van der Waals surface area contributed by atoms with Crippen molar-refractivity contribution in [1.29, 1.82) is 0 Å². The van der Waals surface area contributed by atoms with E-state index in [0.29, 0.717) is 6.07 Å². The zero-order valence-electron chi connectivity index (χ0n) is 7.64. The first-order chi connectivity index (χ1) is 7.27. The minimum atomic E-state index is -4.85. The zero-order valence-corrected chi connectivity index (χ0v) is 7.64. The second-order valence-electron chi connectivity index (χ2n) is 2.90. The van der Waals surface area contributed by atoms with E-state index in [-0.39, 0.29) is 12.4 Å². The van der Waals surface area contributed by atoms with E-state index < -0.39 is 34.6 Å². The second-order valence-corrected chi connectivity index (χ2v) is 2.90. The molecule has 0 unspecified atom stereocenters. The lowest BCUT2D eigenvalue weighted by Gasteiger charge is -2.10. The summed E-state index contributed by atoms with van der Waals surface area (Å²) in [5.74, 6) is -2.59. The van der Waals surface area contributed by atoms with Crippen molar-refractivity contribution in [3.8, 4) is 0 Å². The van der Waals surface area contributed by atoms with Crippen molar-refractivity contribution in [3.05, 3.63) is 34.6 Å². The molecular formula is C9H5F4NO2. The summed E-state index contributed by atoms with van der Waals surface area (Å²) in [4.78, 5) is 21.0. The Labute approximate surface area is 86.9 Å². The molecular weight excluding hydrogens is 230 g/mol. The van der Waals surface area contributed by atoms with Crippen LogP contribution in [-0.2, 0) is 6.18 Å². The third-order valence-electron chi connectivity index (χ3n) is 1.84. The van der Waals surface area contributed by atoms with Crippen molar-refractivity contribution >= 4 is 12.2 Å². The highest BCUT2D eigenvalue weighted by Crippen LogP contribution is 2.32. The molecule has 0 atom stereocenters. The average Bonchev–Trinajstić information content (AvgIpc) is 2.14. The number of hydrogen-bond acceptors (Lipinski definition) is 2. The van der Waals surface area contributed by atoms with Gasteiger partial charge in [0.1, 0.15) is 5.82 Å². The van der Waals surface area contributed by atoms with Crippen molar-refractivity contribution in [2.75, 3.05) is 0 Å². The Bertz CT molecular complexity index is 454. The Balaban J connectivity index is 3.53. The molecule has 7 heteroatoms. The first-order valence-corrected chi connectivity index (χ1v) is 3.93. The maximum Gasteiger partial charge on any atom is 0.417 e. The predicted molar refractivity (Wildman–Crippen MR) is 45.3 cm³/mol.